The Balaban J connectivity index is 1.79. The number of nitrogens with zero attached hydrogens (tertiary/aromatic N) is 4. The van der Waals surface area contributed by atoms with Crippen LogP contribution in [0.15, 0.2) is 34.1 Å². The number of imidazole rings is 1. The molecule has 1 aromatic carbocycles. The number of esters is 1. The lowest BCUT2D eigenvalue weighted by atomic mass is 10.1. The lowest BCUT2D eigenvalue weighted by Crippen LogP contribution is -2.44. The van der Waals surface area contributed by atoms with Crippen molar-refractivity contribution in [1.29, 1.82) is 0 Å². The SMILES string of the molecule is CCOC(=O)c1csc2nc(CN3CCN(C)CC3)c(-c3ccc(Br)cc3)n12. The molecule has 0 saturated carbocycles. The monoisotopic (exact) mass is 462 g/mol. The van der Waals surface area contributed by atoms with E-state index >= 15 is 0 Å². The maximum atomic E-state index is 12.5. The van der Waals surface area contributed by atoms with Crippen molar-refractivity contribution in [3.63, 3.8) is 0 Å². The number of halogens is 1. The molecule has 0 aliphatic carbocycles. The van der Waals surface area contributed by atoms with Crippen LogP contribution < -0.4 is 0 Å². The highest BCUT2D eigenvalue weighted by Gasteiger charge is 2.24. The van der Waals surface area contributed by atoms with Crippen LogP contribution >= 0.6 is 27.3 Å². The summed E-state index contributed by atoms with van der Waals surface area (Å²) < 4.78 is 8.25. The summed E-state index contributed by atoms with van der Waals surface area (Å²) in [6, 6.07) is 8.16. The number of carbonyl (C=O) groups excluding carboxylic acids is 1. The van der Waals surface area contributed by atoms with Crippen molar-refractivity contribution in [2.45, 2.75) is 13.5 Å². The predicted octanol–water partition coefficient (Wildman–Crippen LogP) is 3.75. The van der Waals surface area contributed by atoms with E-state index in [-0.39, 0.29) is 5.97 Å². The number of aromatic nitrogens is 2. The van der Waals surface area contributed by atoms with Gasteiger partial charge in [0.15, 0.2) is 4.96 Å². The van der Waals surface area contributed by atoms with Crippen molar-refractivity contribution in [3.8, 4) is 11.3 Å². The van der Waals surface area contributed by atoms with E-state index in [2.05, 4.69) is 44.9 Å². The third-order valence-corrected chi connectivity index (χ3v) is 6.36. The first-order valence-corrected chi connectivity index (χ1v) is 11.1. The molecular weight excluding hydrogens is 440 g/mol. The van der Waals surface area contributed by atoms with Crippen LogP contribution in [-0.2, 0) is 11.3 Å². The summed E-state index contributed by atoms with van der Waals surface area (Å²) in [7, 11) is 2.16. The Bertz CT molecular complexity index is 974. The van der Waals surface area contributed by atoms with E-state index in [1.165, 1.54) is 11.3 Å². The summed E-state index contributed by atoms with van der Waals surface area (Å²) in [5.74, 6) is -0.310. The number of piperazine rings is 1. The number of benzene rings is 1. The van der Waals surface area contributed by atoms with E-state index in [1.54, 1.807) is 0 Å². The molecule has 0 N–H and O–H groups in total. The van der Waals surface area contributed by atoms with Crippen molar-refractivity contribution in [1.82, 2.24) is 19.2 Å². The normalized spacial score (nSPS) is 16.0. The van der Waals surface area contributed by atoms with Crippen LogP contribution in [0.4, 0.5) is 0 Å². The van der Waals surface area contributed by atoms with Crippen LogP contribution in [0, 0.1) is 0 Å². The Morgan fingerprint density at radius 3 is 2.61 bits per heavy atom. The van der Waals surface area contributed by atoms with Gasteiger partial charge in [-0.1, -0.05) is 28.1 Å². The molecule has 0 bridgehead atoms. The summed E-state index contributed by atoms with van der Waals surface area (Å²) in [5.41, 5.74) is 3.57. The van der Waals surface area contributed by atoms with Crippen molar-refractivity contribution < 1.29 is 9.53 Å². The van der Waals surface area contributed by atoms with E-state index < -0.39 is 0 Å². The largest absolute Gasteiger partial charge is 0.461 e. The number of thiazole rings is 1. The van der Waals surface area contributed by atoms with Crippen LogP contribution in [0.3, 0.4) is 0 Å². The molecule has 0 amide bonds. The predicted molar refractivity (Wildman–Crippen MR) is 115 cm³/mol. The minimum Gasteiger partial charge on any atom is -0.461 e. The van der Waals surface area contributed by atoms with Crippen molar-refractivity contribution >= 4 is 38.2 Å². The van der Waals surface area contributed by atoms with Crippen LogP contribution in [0.5, 0.6) is 0 Å². The zero-order valence-corrected chi connectivity index (χ0v) is 18.4. The standard InChI is InChI=1S/C20H23BrN4O2S/c1-3-27-19(26)17-13-28-20-22-16(12-24-10-8-23(2)9-11-24)18(25(17)20)14-4-6-15(21)7-5-14/h4-7,13H,3,8-12H2,1-2H3. The third-order valence-electron chi connectivity index (χ3n) is 5.01. The number of rotatable bonds is 5. The van der Waals surface area contributed by atoms with Gasteiger partial charge < -0.3 is 9.64 Å². The van der Waals surface area contributed by atoms with Crippen LogP contribution in [0.1, 0.15) is 23.1 Å². The van der Waals surface area contributed by atoms with Crippen LogP contribution in [0.25, 0.3) is 16.2 Å². The minimum absolute atomic E-state index is 0.310. The van der Waals surface area contributed by atoms with Gasteiger partial charge in [0.05, 0.1) is 18.0 Å². The maximum absolute atomic E-state index is 12.5. The third kappa shape index (κ3) is 3.87. The fraction of sp³-hybridized carbons (Fsp3) is 0.400. The molecule has 2 aromatic heterocycles. The number of hydrogen-bond acceptors (Lipinski definition) is 6. The fourth-order valence-electron chi connectivity index (χ4n) is 3.48. The van der Waals surface area contributed by atoms with Crippen molar-refractivity contribution in [2.75, 3.05) is 39.8 Å². The number of fused-ring (bicyclic) bond motifs is 1. The van der Waals surface area contributed by atoms with Gasteiger partial charge in [0.2, 0.25) is 0 Å². The van der Waals surface area contributed by atoms with Gasteiger partial charge >= 0.3 is 5.97 Å². The topological polar surface area (TPSA) is 50.1 Å². The summed E-state index contributed by atoms with van der Waals surface area (Å²) in [6.45, 7) is 7.11. The molecule has 0 radical (unpaired) electrons. The fourth-order valence-corrected chi connectivity index (χ4v) is 4.62. The summed E-state index contributed by atoms with van der Waals surface area (Å²) in [5, 5.41) is 1.84. The minimum atomic E-state index is -0.310. The first kappa shape index (κ1) is 19.6. The van der Waals surface area contributed by atoms with E-state index in [1.807, 2.05) is 28.8 Å². The quantitative estimate of drug-likeness (QED) is 0.540. The van der Waals surface area contributed by atoms with Gasteiger partial charge in [-0.15, -0.1) is 11.3 Å². The van der Waals surface area contributed by atoms with Gasteiger partial charge in [0.25, 0.3) is 0 Å². The highest BCUT2D eigenvalue weighted by Crippen LogP contribution is 2.32. The number of likely N-dealkylation sites (N-methyl/N-ethyl adjacent to an activating group) is 1. The molecule has 6 nitrogen and oxygen atoms in total. The Morgan fingerprint density at radius 1 is 1.21 bits per heavy atom. The molecule has 1 fully saturated rings. The lowest BCUT2D eigenvalue weighted by Gasteiger charge is -2.32. The summed E-state index contributed by atoms with van der Waals surface area (Å²) >= 11 is 4.98. The lowest BCUT2D eigenvalue weighted by molar-refractivity contribution is 0.0519. The van der Waals surface area contributed by atoms with Gasteiger partial charge in [-0.2, -0.15) is 0 Å². The molecule has 8 heteroatoms. The molecule has 3 aromatic rings. The maximum Gasteiger partial charge on any atom is 0.356 e. The average molecular weight is 463 g/mol. The highest BCUT2D eigenvalue weighted by molar-refractivity contribution is 9.10. The highest BCUT2D eigenvalue weighted by atomic mass is 79.9. The molecule has 1 saturated heterocycles. The van der Waals surface area contributed by atoms with Gasteiger partial charge in [-0.25, -0.2) is 9.78 Å². The first-order chi connectivity index (χ1) is 13.6. The molecule has 148 valence electrons. The second kappa shape index (κ2) is 8.32. The average Bonchev–Trinajstić information content (AvgIpc) is 3.23. The summed E-state index contributed by atoms with van der Waals surface area (Å²) in [6.07, 6.45) is 0. The van der Waals surface area contributed by atoms with E-state index in [0.717, 1.165) is 59.1 Å². The molecule has 0 unspecified atom stereocenters. The van der Waals surface area contributed by atoms with E-state index in [0.29, 0.717) is 12.3 Å². The number of carbonyl (C=O) groups is 1. The van der Waals surface area contributed by atoms with Gasteiger partial charge in [-0.3, -0.25) is 9.30 Å². The molecule has 1 aliphatic rings. The van der Waals surface area contributed by atoms with Crippen LogP contribution in [0.2, 0.25) is 0 Å². The zero-order chi connectivity index (χ0) is 19.7. The Labute approximate surface area is 176 Å². The molecule has 0 spiro atoms. The molecular formula is C20H23BrN4O2S. The second-order valence-corrected chi connectivity index (χ2v) is 8.71. The van der Waals surface area contributed by atoms with Crippen LogP contribution in [-0.4, -0.2) is 65.0 Å². The summed E-state index contributed by atoms with van der Waals surface area (Å²) in [4.78, 5) is 23.0. The zero-order valence-electron chi connectivity index (χ0n) is 16.0. The van der Waals surface area contributed by atoms with Gasteiger partial charge in [0.1, 0.15) is 5.69 Å². The van der Waals surface area contributed by atoms with Gasteiger partial charge in [-0.05, 0) is 26.1 Å². The molecule has 3 heterocycles. The molecule has 28 heavy (non-hydrogen) atoms. The molecule has 0 atom stereocenters. The number of ether oxygens (including phenoxy) is 1. The first-order valence-electron chi connectivity index (χ1n) is 9.39. The molecule has 4 rings (SSSR count). The second-order valence-electron chi connectivity index (χ2n) is 6.95. The van der Waals surface area contributed by atoms with E-state index in [9.17, 15) is 4.79 Å². The Kier molecular flexibility index (Phi) is 5.82. The Morgan fingerprint density at radius 2 is 1.93 bits per heavy atom. The van der Waals surface area contributed by atoms with Gasteiger partial charge in [0, 0.05) is 48.1 Å². The smallest absolute Gasteiger partial charge is 0.356 e. The van der Waals surface area contributed by atoms with E-state index in [4.69, 9.17) is 9.72 Å². The molecule has 1 aliphatic heterocycles. The van der Waals surface area contributed by atoms with Crippen molar-refractivity contribution in [3.05, 3.63) is 45.5 Å². The number of hydrogen-bond donors (Lipinski definition) is 0. The van der Waals surface area contributed by atoms with Crippen molar-refractivity contribution in [2.24, 2.45) is 0 Å². The Hall–Kier alpha value is -1.74.